The maximum absolute atomic E-state index is 10.7. The molecule has 0 spiro atoms. The summed E-state index contributed by atoms with van der Waals surface area (Å²) < 4.78 is 0. The summed E-state index contributed by atoms with van der Waals surface area (Å²) in [5.74, 6) is -0.451. The van der Waals surface area contributed by atoms with Gasteiger partial charge in [0.1, 0.15) is 0 Å². The SMILES string of the molecule is O=C(O)c1nc(CNCC2CCCC(O)C2)cs1. The van der Waals surface area contributed by atoms with Crippen molar-refractivity contribution < 1.29 is 15.0 Å². The van der Waals surface area contributed by atoms with Crippen LogP contribution in [0.2, 0.25) is 0 Å². The molecule has 0 amide bonds. The zero-order valence-corrected chi connectivity index (χ0v) is 10.9. The molecule has 1 heterocycles. The Kier molecular flexibility index (Phi) is 4.68. The molecule has 0 saturated heterocycles. The Morgan fingerprint density at radius 1 is 1.56 bits per heavy atom. The van der Waals surface area contributed by atoms with Gasteiger partial charge in [-0.05, 0) is 31.7 Å². The molecule has 1 aliphatic rings. The maximum atomic E-state index is 10.7. The molecular weight excluding hydrogens is 252 g/mol. The van der Waals surface area contributed by atoms with Crippen LogP contribution in [0.25, 0.3) is 0 Å². The first-order valence-corrected chi connectivity index (χ1v) is 7.09. The second kappa shape index (κ2) is 6.26. The molecule has 0 aliphatic heterocycles. The van der Waals surface area contributed by atoms with Gasteiger partial charge in [-0.15, -0.1) is 11.3 Å². The van der Waals surface area contributed by atoms with E-state index in [1.807, 2.05) is 0 Å². The second-order valence-electron chi connectivity index (χ2n) is 4.77. The number of rotatable bonds is 5. The number of aromatic carboxylic acids is 1. The topological polar surface area (TPSA) is 82.5 Å². The van der Waals surface area contributed by atoms with Crippen molar-refractivity contribution >= 4 is 17.3 Å². The van der Waals surface area contributed by atoms with Crippen molar-refractivity contribution in [2.75, 3.05) is 6.54 Å². The van der Waals surface area contributed by atoms with Gasteiger partial charge in [-0.1, -0.05) is 6.42 Å². The molecule has 0 aromatic carbocycles. The van der Waals surface area contributed by atoms with E-state index < -0.39 is 5.97 Å². The Bertz CT molecular complexity index is 408. The van der Waals surface area contributed by atoms with Crippen LogP contribution in [0.3, 0.4) is 0 Å². The smallest absolute Gasteiger partial charge is 0.365 e. The lowest BCUT2D eigenvalue weighted by Gasteiger charge is -2.25. The Hall–Kier alpha value is -0.980. The third-order valence-electron chi connectivity index (χ3n) is 3.23. The van der Waals surface area contributed by atoms with Crippen LogP contribution in [0.5, 0.6) is 0 Å². The molecule has 6 heteroatoms. The number of thiazole rings is 1. The van der Waals surface area contributed by atoms with E-state index in [2.05, 4.69) is 10.3 Å². The van der Waals surface area contributed by atoms with Crippen molar-refractivity contribution in [1.29, 1.82) is 0 Å². The fraction of sp³-hybridized carbons (Fsp3) is 0.667. The number of nitrogens with zero attached hydrogens (tertiary/aromatic N) is 1. The molecule has 2 atom stereocenters. The summed E-state index contributed by atoms with van der Waals surface area (Å²) in [6.07, 6.45) is 3.88. The van der Waals surface area contributed by atoms with Gasteiger partial charge in [-0.25, -0.2) is 9.78 Å². The highest BCUT2D eigenvalue weighted by Gasteiger charge is 2.19. The second-order valence-corrected chi connectivity index (χ2v) is 5.62. The summed E-state index contributed by atoms with van der Waals surface area (Å²) >= 11 is 1.15. The molecule has 18 heavy (non-hydrogen) atoms. The Balaban J connectivity index is 1.72. The van der Waals surface area contributed by atoms with Crippen LogP contribution in [0.15, 0.2) is 5.38 Å². The van der Waals surface area contributed by atoms with Gasteiger partial charge < -0.3 is 15.5 Å². The van der Waals surface area contributed by atoms with E-state index in [1.165, 1.54) is 0 Å². The average molecular weight is 270 g/mol. The van der Waals surface area contributed by atoms with Crippen LogP contribution in [0.1, 0.15) is 41.2 Å². The van der Waals surface area contributed by atoms with Gasteiger partial charge in [0.2, 0.25) is 5.01 Å². The first-order chi connectivity index (χ1) is 8.65. The number of aromatic nitrogens is 1. The van der Waals surface area contributed by atoms with E-state index in [9.17, 15) is 9.90 Å². The quantitative estimate of drug-likeness (QED) is 0.755. The number of carboxylic acids is 1. The molecule has 0 radical (unpaired) electrons. The first kappa shape index (κ1) is 13.5. The largest absolute Gasteiger partial charge is 0.476 e. The number of hydrogen-bond acceptors (Lipinski definition) is 5. The molecule has 1 aromatic heterocycles. The standard InChI is InChI=1S/C12H18N2O3S/c15-10-3-1-2-8(4-10)5-13-6-9-7-18-11(14-9)12(16)17/h7-8,10,13,15H,1-6H2,(H,16,17). The Morgan fingerprint density at radius 2 is 2.39 bits per heavy atom. The first-order valence-electron chi connectivity index (χ1n) is 6.21. The van der Waals surface area contributed by atoms with E-state index in [0.29, 0.717) is 12.5 Å². The third kappa shape index (κ3) is 3.76. The van der Waals surface area contributed by atoms with E-state index >= 15 is 0 Å². The van der Waals surface area contributed by atoms with Gasteiger partial charge in [0, 0.05) is 11.9 Å². The molecule has 0 bridgehead atoms. The molecule has 2 unspecified atom stereocenters. The van der Waals surface area contributed by atoms with Crippen LogP contribution in [0.4, 0.5) is 0 Å². The maximum Gasteiger partial charge on any atom is 0.365 e. The van der Waals surface area contributed by atoms with Crippen LogP contribution in [-0.2, 0) is 6.54 Å². The van der Waals surface area contributed by atoms with Crippen molar-refractivity contribution in [2.24, 2.45) is 5.92 Å². The van der Waals surface area contributed by atoms with Crippen LogP contribution < -0.4 is 5.32 Å². The van der Waals surface area contributed by atoms with E-state index in [1.54, 1.807) is 5.38 Å². The predicted molar refractivity (Wildman–Crippen MR) is 68.7 cm³/mol. The monoisotopic (exact) mass is 270 g/mol. The number of aliphatic hydroxyl groups is 1. The van der Waals surface area contributed by atoms with Crippen molar-refractivity contribution in [1.82, 2.24) is 10.3 Å². The van der Waals surface area contributed by atoms with Crippen molar-refractivity contribution in [3.8, 4) is 0 Å². The number of carboxylic acid groups (broad SMARTS) is 1. The highest BCUT2D eigenvalue weighted by atomic mass is 32.1. The number of nitrogens with one attached hydrogen (secondary N) is 1. The van der Waals surface area contributed by atoms with Gasteiger partial charge in [0.05, 0.1) is 11.8 Å². The highest BCUT2D eigenvalue weighted by molar-refractivity contribution is 7.11. The normalized spacial score (nSPS) is 24.1. The van der Waals surface area contributed by atoms with Crippen molar-refractivity contribution in [3.05, 3.63) is 16.1 Å². The van der Waals surface area contributed by atoms with Gasteiger partial charge in [0.25, 0.3) is 0 Å². The molecule has 3 N–H and O–H groups in total. The molecule has 100 valence electrons. The molecular formula is C12H18N2O3S. The lowest BCUT2D eigenvalue weighted by atomic mass is 9.87. The van der Waals surface area contributed by atoms with Crippen molar-refractivity contribution in [2.45, 2.75) is 38.3 Å². The number of aliphatic hydroxyl groups excluding tert-OH is 1. The van der Waals surface area contributed by atoms with E-state index in [-0.39, 0.29) is 11.1 Å². The lowest BCUT2D eigenvalue weighted by molar-refractivity contribution is 0.0696. The molecule has 5 nitrogen and oxygen atoms in total. The fourth-order valence-corrected chi connectivity index (χ4v) is 2.99. The third-order valence-corrected chi connectivity index (χ3v) is 4.11. The molecule has 2 rings (SSSR count). The Labute approximate surface area is 110 Å². The molecule has 1 fully saturated rings. The van der Waals surface area contributed by atoms with Crippen LogP contribution in [0, 0.1) is 5.92 Å². The fourth-order valence-electron chi connectivity index (χ4n) is 2.34. The van der Waals surface area contributed by atoms with Gasteiger partial charge in [-0.3, -0.25) is 0 Å². The van der Waals surface area contributed by atoms with Gasteiger partial charge in [-0.2, -0.15) is 0 Å². The van der Waals surface area contributed by atoms with Crippen LogP contribution >= 0.6 is 11.3 Å². The zero-order valence-electron chi connectivity index (χ0n) is 10.1. The minimum absolute atomic E-state index is 0.139. The average Bonchev–Trinajstić information content (AvgIpc) is 2.78. The summed E-state index contributed by atoms with van der Waals surface area (Å²) in [6, 6.07) is 0. The number of hydrogen-bond donors (Lipinski definition) is 3. The highest BCUT2D eigenvalue weighted by Crippen LogP contribution is 2.23. The molecule has 1 aliphatic carbocycles. The lowest BCUT2D eigenvalue weighted by Crippen LogP contribution is -2.29. The van der Waals surface area contributed by atoms with Gasteiger partial charge in [0.15, 0.2) is 0 Å². The summed E-state index contributed by atoms with van der Waals surface area (Å²) in [5, 5.41) is 23.5. The van der Waals surface area contributed by atoms with E-state index in [0.717, 1.165) is 49.3 Å². The van der Waals surface area contributed by atoms with Crippen LogP contribution in [-0.4, -0.2) is 33.8 Å². The van der Waals surface area contributed by atoms with Gasteiger partial charge >= 0.3 is 5.97 Å². The molecule has 1 saturated carbocycles. The summed E-state index contributed by atoms with van der Waals surface area (Å²) in [5.41, 5.74) is 0.772. The molecule has 1 aromatic rings. The summed E-state index contributed by atoms with van der Waals surface area (Å²) in [7, 11) is 0. The minimum atomic E-state index is -0.971. The minimum Gasteiger partial charge on any atom is -0.476 e. The summed E-state index contributed by atoms with van der Waals surface area (Å²) in [4.78, 5) is 14.7. The summed E-state index contributed by atoms with van der Waals surface area (Å²) in [6.45, 7) is 1.45. The van der Waals surface area contributed by atoms with Crippen molar-refractivity contribution in [3.63, 3.8) is 0 Å². The van der Waals surface area contributed by atoms with E-state index in [4.69, 9.17) is 5.11 Å². The number of carbonyl (C=O) groups is 1. The Morgan fingerprint density at radius 3 is 3.06 bits per heavy atom. The predicted octanol–water partition coefficient (Wildman–Crippen LogP) is 1.48. The zero-order chi connectivity index (χ0) is 13.0.